The van der Waals surface area contributed by atoms with E-state index in [1.54, 1.807) is 32.9 Å². The minimum absolute atomic E-state index is 0.0530. The zero-order chi connectivity index (χ0) is 19.9. The van der Waals surface area contributed by atoms with E-state index >= 15 is 0 Å². The Hall–Kier alpha value is -2.90. The number of hydrogen-bond acceptors (Lipinski definition) is 6. The highest BCUT2D eigenvalue weighted by Crippen LogP contribution is 2.28. The highest BCUT2D eigenvalue weighted by Gasteiger charge is 2.45. The summed E-state index contributed by atoms with van der Waals surface area (Å²) in [4.78, 5) is 56.2. The van der Waals surface area contributed by atoms with E-state index in [-0.39, 0.29) is 17.0 Å². The summed E-state index contributed by atoms with van der Waals surface area (Å²) in [7, 11) is 0. The summed E-state index contributed by atoms with van der Waals surface area (Å²) < 4.78 is 5.35. The summed E-state index contributed by atoms with van der Waals surface area (Å²) in [6.07, 6.45) is -0.266. The van der Waals surface area contributed by atoms with Gasteiger partial charge in [0.15, 0.2) is 0 Å². The van der Waals surface area contributed by atoms with E-state index in [1.165, 1.54) is 17.0 Å². The van der Waals surface area contributed by atoms with Crippen molar-refractivity contribution in [2.24, 2.45) is 5.92 Å². The molecule has 8 nitrogen and oxygen atoms in total. The molecule has 8 heteroatoms. The van der Waals surface area contributed by atoms with Crippen LogP contribution in [-0.2, 0) is 14.4 Å². The van der Waals surface area contributed by atoms with Gasteiger partial charge in [0, 0.05) is 6.54 Å². The van der Waals surface area contributed by atoms with Gasteiger partial charge in [0.05, 0.1) is 11.1 Å². The van der Waals surface area contributed by atoms with Crippen molar-refractivity contribution in [2.45, 2.75) is 45.8 Å². The first-order valence-electron chi connectivity index (χ1n) is 8.77. The second kappa shape index (κ2) is 6.68. The van der Waals surface area contributed by atoms with Crippen LogP contribution in [0, 0.1) is 5.92 Å². The maximum atomic E-state index is 12.7. The predicted molar refractivity (Wildman–Crippen MR) is 93.5 cm³/mol. The highest BCUT2D eigenvalue weighted by atomic mass is 16.7. The molecule has 27 heavy (non-hydrogen) atoms. The number of carbonyl (C=O) groups excluding carboxylic acids is 4. The monoisotopic (exact) mass is 374 g/mol. The molecule has 0 unspecified atom stereocenters. The summed E-state index contributed by atoms with van der Waals surface area (Å²) >= 11 is 0. The Morgan fingerprint density at radius 1 is 1.07 bits per heavy atom. The summed E-state index contributed by atoms with van der Waals surface area (Å²) in [5.74, 6) is -2.17. The zero-order valence-electron chi connectivity index (χ0n) is 15.7. The standard InChI is InChI=1S/C19H22N2O6/c1-11-9-14(20(10-11)18(25)26-19(2,3)4)17(24)27-21-15(22)12-7-5-6-8-13(12)16(21)23/h5-8,11,14H,9-10H2,1-4H3/t11-,14-/m0/s1. The maximum absolute atomic E-state index is 12.7. The smallest absolute Gasteiger partial charge is 0.411 e. The Morgan fingerprint density at radius 2 is 1.63 bits per heavy atom. The molecule has 0 aromatic heterocycles. The molecule has 1 aromatic rings. The molecule has 3 rings (SSSR count). The molecule has 3 amide bonds. The van der Waals surface area contributed by atoms with Gasteiger partial charge in [-0.2, -0.15) is 0 Å². The summed E-state index contributed by atoms with van der Waals surface area (Å²) in [6.45, 7) is 7.42. The van der Waals surface area contributed by atoms with E-state index < -0.39 is 35.5 Å². The lowest BCUT2D eigenvalue weighted by atomic mass is 10.1. The molecule has 2 atom stereocenters. The van der Waals surface area contributed by atoms with E-state index in [1.807, 2.05) is 6.92 Å². The van der Waals surface area contributed by atoms with Crippen molar-refractivity contribution in [1.29, 1.82) is 0 Å². The SMILES string of the molecule is C[C@H]1C[C@@H](C(=O)ON2C(=O)c3ccccc3C2=O)N(C(=O)OC(C)(C)C)C1. The van der Waals surface area contributed by atoms with Gasteiger partial charge in [0.1, 0.15) is 11.6 Å². The highest BCUT2D eigenvalue weighted by molar-refractivity contribution is 6.20. The number of rotatable bonds is 2. The van der Waals surface area contributed by atoms with Crippen LogP contribution < -0.4 is 0 Å². The average molecular weight is 374 g/mol. The number of likely N-dealkylation sites (tertiary alicyclic amines) is 1. The molecule has 1 fully saturated rings. The third-order valence-corrected chi connectivity index (χ3v) is 4.35. The number of ether oxygens (including phenoxy) is 1. The van der Waals surface area contributed by atoms with Crippen LogP contribution in [-0.4, -0.2) is 52.0 Å². The lowest BCUT2D eigenvalue weighted by Crippen LogP contribution is -2.46. The molecule has 2 aliphatic rings. The van der Waals surface area contributed by atoms with Gasteiger partial charge in [-0.3, -0.25) is 14.5 Å². The fourth-order valence-electron chi connectivity index (χ4n) is 3.19. The van der Waals surface area contributed by atoms with Crippen LogP contribution in [0.5, 0.6) is 0 Å². The van der Waals surface area contributed by atoms with Crippen molar-refractivity contribution < 1.29 is 28.8 Å². The Bertz CT molecular complexity index is 778. The van der Waals surface area contributed by atoms with Crippen molar-refractivity contribution in [3.63, 3.8) is 0 Å². The van der Waals surface area contributed by atoms with Crippen molar-refractivity contribution in [1.82, 2.24) is 9.96 Å². The van der Waals surface area contributed by atoms with Gasteiger partial charge in [-0.1, -0.05) is 24.1 Å². The molecule has 0 spiro atoms. The van der Waals surface area contributed by atoms with Crippen LogP contribution >= 0.6 is 0 Å². The fraction of sp³-hybridized carbons (Fsp3) is 0.474. The first-order valence-corrected chi connectivity index (χ1v) is 8.77. The summed E-state index contributed by atoms with van der Waals surface area (Å²) in [6, 6.07) is 5.32. The average Bonchev–Trinajstić information content (AvgIpc) is 3.08. The van der Waals surface area contributed by atoms with E-state index in [9.17, 15) is 19.2 Å². The predicted octanol–water partition coefficient (Wildman–Crippen LogP) is 2.39. The topological polar surface area (TPSA) is 93.2 Å². The third kappa shape index (κ3) is 3.65. The molecule has 2 aliphatic heterocycles. The van der Waals surface area contributed by atoms with Gasteiger partial charge >= 0.3 is 12.1 Å². The second-order valence-electron chi connectivity index (χ2n) is 7.85. The van der Waals surface area contributed by atoms with Crippen LogP contribution in [0.2, 0.25) is 0 Å². The zero-order valence-corrected chi connectivity index (χ0v) is 15.7. The van der Waals surface area contributed by atoms with E-state index in [0.717, 1.165) is 0 Å². The van der Waals surface area contributed by atoms with Crippen molar-refractivity contribution in [3.8, 4) is 0 Å². The summed E-state index contributed by atoms with van der Waals surface area (Å²) in [5, 5.41) is 0.462. The van der Waals surface area contributed by atoms with Crippen molar-refractivity contribution in [2.75, 3.05) is 6.54 Å². The number of hydroxylamine groups is 2. The first-order chi connectivity index (χ1) is 12.6. The Labute approximate surface area is 157 Å². The number of imide groups is 1. The lowest BCUT2D eigenvalue weighted by molar-refractivity contribution is -0.173. The molecule has 0 aliphatic carbocycles. The summed E-state index contributed by atoms with van der Waals surface area (Å²) in [5.41, 5.74) is -0.349. The van der Waals surface area contributed by atoms with Gasteiger partial charge in [0.25, 0.3) is 11.8 Å². The number of nitrogens with zero attached hydrogens (tertiary/aromatic N) is 2. The molecule has 0 radical (unpaired) electrons. The first kappa shape index (κ1) is 18.9. The number of hydrogen-bond donors (Lipinski definition) is 0. The fourth-order valence-corrected chi connectivity index (χ4v) is 3.19. The number of amides is 3. The lowest BCUT2D eigenvalue weighted by Gasteiger charge is -2.28. The van der Waals surface area contributed by atoms with Gasteiger partial charge in [-0.15, -0.1) is 0 Å². The van der Waals surface area contributed by atoms with Crippen molar-refractivity contribution >= 4 is 23.9 Å². The quantitative estimate of drug-likeness (QED) is 0.738. The largest absolute Gasteiger partial charge is 0.444 e. The number of benzene rings is 1. The molecule has 1 aromatic carbocycles. The van der Waals surface area contributed by atoms with Crippen LogP contribution in [0.1, 0.15) is 54.8 Å². The van der Waals surface area contributed by atoms with Crippen LogP contribution in [0.25, 0.3) is 0 Å². The molecule has 2 heterocycles. The number of carbonyl (C=O) groups is 4. The van der Waals surface area contributed by atoms with E-state index in [0.29, 0.717) is 18.0 Å². The third-order valence-electron chi connectivity index (χ3n) is 4.35. The van der Waals surface area contributed by atoms with Crippen molar-refractivity contribution in [3.05, 3.63) is 35.4 Å². The molecule has 1 saturated heterocycles. The molecule has 0 bridgehead atoms. The van der Waals surface area contributed by atoms with Gasteiger partial charge in [-0.05, 0) is 45.2 Å². The van der Waals surface area contributed by atoms with Gasteiger partial charge in [0.2, 0.25) is 0 Å². The number of fused-ring (bicyclic) bond motifs is 1. The van der Waals surface area contributed by atoms with Crippen LogP contribution in [0.4, 0.5) is 4.79 Å². The van der Waals surface area contributed by atoms with Crippen LogP contribution in [0.3, 0.4) is 0 Å². The van der Waals surface area contributed by atoms with E-state index in [4.69, 9.17) is 9.57 Å². The minimum Gasteiger partial charge on any atom is -0.444 e. The van der Waals surface area contributed by atoms with Crippen LogP contribution in [0.15, 0.2) is 24.3 Å². The Kier molecular flexibility index (Phi) is 4.67. The maximum Gasteiger partial charge on any atom is 0.411 e. The molecular formula is C19H22N2O6. The van der Waals surface area contributed by atoms with E-state index in [2.05, 4.69) is 0 Å². The minimum atomic E-state index is -0.917. The molecule has 0 saturated carbocycles. The normalized spacial score (nSPS) is 22.1. The van der Waals surface area contributed by atoms with Gasteiger partial charge < -0.3 is 9.57 Å². The Morgan fingerprint density at radius 3 is 2.15 bits per heavy atom. The van der Waals surface area contributed by atoms with Gasteiger partial charge in [-0.25, -0.2) is 9.59 Å². The second-order valence-corrected chi connectivity index (χ2v) is 7.85. The molecular weight excluding hydrogens is 352 g/mol. The molecule has 0 N–H and O–H groups in total. The Balaban J connectivity index is 1.74. The molecule has 144 valence electrons.